The highest BCUT2D eigenvalue weighted by Crippen LogP contribution is 2.31. The SMILES string of the molecule is CC(C)CNC(=O)[C@H](C)N(Cc1ccccc1Cl)C(=O)CCc1ccc2c(c1)OCCO2. The van der Waals surface area contributed by atoms with Gasteiger partial charge in [-0.25, -0.2) is 0 Å². The van der Waals surface area contributed by atoms with Crippen LogP contribution in [0.2, 0.25) is 5.02 Å². The van der Waals surface area contributed by atoms with Gasteiger partial charge in [0.1, 0.15) is 19.3 Å². The fourth-order valence-electron chi connectivity index (χ4n) is 3.48. The maximum atomic E-state index is 13.3. The molecule has 0 saturated heterocycles. The van der Waals surface area contributed by atoms with Gasteiger partial charge < -0.3 is 19.7 Å². The summed E-state index contributed by atoms with van der Waals surface area (Å²) in [6, 6.07) is 12.5. The average Bonchev–Trinajstić information content (AvgIpc) is 2.79. The predicted molar refractivity (Wildman–Crippen MR) is 125 cm³/mol. The largest absolute Gasteiger partial charge is 0.486 e. The molecule has 0 aromatic heterocycles. The van der Waals surface area contributed by atoms with Gasteiger partial charge in [-0.2, -0.15) is 0 Å². The van der Waals surface area contributed by atoms with Crippen LogP contribution in [0.15, 0.2) is 42.5 Å². The molecule has 6 nitrogen and oxygen atoms in total. The number of benzene rings is 2. The first-order valence-corrected chi connectivity index (χ1v) is 11.4. The van der Waals surface area contributed by atoms with E-state index in [9.17, 15) is 9.59 Å². The second-order valence-electron chi connectivity index (χ2n) is 8.41. The van der Waals surface area contributed by atoms with Crippen LogP contribution in [0.1, 0.15) is 38.3 Å². The Bertz CT molecular complexity index is 947. The van der Waals surface area contributed by atoms with Gasteiger partial charge in [-0.3, -0.25) is 9.59 Å². The lowest BCUT2D eigenvalue weighted by molar-refractivity contribution is -0.140. The van der Waals surface area contributed by atoms with Gasteiger partial charge in [-0.1, -0.05) is 49.7 Å². The fourth-order valence-corrected chi connectivity index (χ4v) is 3.68. The molecule has 1 heterocycles. The van der Waals surface area contributed by atoms with Crippen LogP contribution in [0.3, 0.4) is 0 Å². The molecule has 2 aromatic rings. The van der Waals surface area contributed by atoms with E-state index in [2.05, 4.69) is 5.32 Å². The third kappa shape index (κ3) is 6.39. The van der Waals surface area contributed by atoms with Crippen molar-refractivity contribution in [3.63, 3.8) is 0 Å². The zero-order chi connectivity index (χ0) is 23.1. The van der Waals surface area contributed by atoms with E-state index < -0.39 is 6.04 Å². The molecule has 0 saturated carbocycles. The van der Waals surface area contributed by atoms with Crippen molar-refractivity contribution in [2.45, 2.75) is 46.2 Å². The number of rotatable bonds is 9. The molecule has 0 radical (unpaired) electrons. The van der Waals surface area contributed by atoms with Crippen LogP contribution in [-0.4, -0.2) is 42.5 Å². The van der Waals surface area contributed by atoms with Crippen LogP contribution in [0.25, 0.3) is 0 Å². The van der Waals surface area contributed by atoms with E-state index in [0.29, 0.717) is 42.9 Å². The molecule has 1 N–H and O–H groups in total. The normalized spacial score (nSPS) is 13.5. The smallest absolute Gasteiger partial charge is 0.242 e. The first-order chi connectivity index (χ1) is 15.3. The summed E-state index contributed by atoms with van der Waals surface area (Å²) < 4.78 is 11.2. The molecule has 1 aliphatic rings. The minimum Gasteiger partial charge on any atom is -0.486 e. The van der Waals surface area contributed by atoms with E-state index in [1.54, 1.807) is 17.9 Å². The Labute approximate surface area is 194 Å². The van der Waals surface area contributed by atoms with E-state index >= 15 is 0 Å². The number of carbonyl (C=O) groups is 2. The van der Waals surface area contributed by atoms with E-state index in [4.69, 9.17) is 21.1 Å². The second kappa shape index (κ2) is 11.2. The molecule has 3 rings (SSSR count). The lowest BCUT2D eigenvalue weighted by Crippen LogP contribution is -2.48. The number of halogens is 1. The molecule has 2 amide bonds. The van der Waals surface area contributed by atoms with Crippen LogP contribution in [0, 0.1) is 5.92 Å². The van der Waals surface area contributed by atoms with Crippen molar-refractivity contribution in [1.29, 1.82) is 0 Å². The third-order valence-corrected chi connectivity index (χ3v) is 5.75. The zero-order valence-electron chi connectivity index (χ0n) is 18.9. The van der Waals surface area contributed by atoms with Crippen molar-refractivity contribution in [1.82, 2.24) is 10.2 Å². The van der Waals surface area contributed by atoms with Crippen molar-refractivity contribution >= 4 is 23.4 Å². The van der Waals surface area contributed by atoms with Gasteiger partial charge in [-0.15, -0.1) is 0 Å². The van der Waals surface area contributed by atoms with Gasteiger partial charge in [0.25, 0.3) is 0 Å². The van der Waals surface area contributed by atoms with Crippen LogP contribution in [-0.2, 0) is 22.6 Å². The Morgan fingerprint density at radius 2 is 1.78 bits per heavy atom. The van der Waals surface area contributed by atoms with Crippen LogP contribution in [0.4, 0.5) is 0 Å². The highest BCUT2D eigenvalue weighted by molar-refractivity contribution is 6.31. The highest BCUT2D eigenvalue weighted by atomic mass is 35.5. The Kier molecular flexibility index (Phi) is 8.39. The van der Waals surface area contributed by atoms with Gasteiger partial charge in [0.15, 0.2) is 11.5 Å². The van der Waals surface area contributed by atoms with Gasteiger partial charge in [-0.05, 0) is 48.6 Å². The summed E-state index contributed by atoms with van der Waals surface area (Å²) in [5.41, 5.74) is 1.79. The molecule has 1 aliphatic heterocycles. The summed E-state index contributed by atoms with van der Waals surface area (Å²) in [6.45, 7) is 7.72. The summed E-state index contributed by atoms with van der Waals surface area (Å²) >= 11 is 6.34. The molecule has 0 bridgehead atoms. The van der Waals surface area contributed by atoms with Crippen molar-refractivity contribution in [3.05, 3.63) is 58.6 Å². The Morgan fingerprint density at radius 1 is 1.06 bits per heavy atom. The van der Waals surface area contributed by atoms with Gasteiger partial charge in [0, 0.05) is 24.5 Å². The maximum Gasteiger partial charge on any atom is 0.242 e. The van der Waals surface area contributed by atoms with Crippen molar-refractivity contribution in [2.24, 2.45) is 5.92 Å². The maximum absolute atomic E-state index is 13.3. The number of amides is 2. The van der Waals surface area contributed by atoms with Crippen molar-refractivity contribution < 1.29 is 19.1 Å². The van der Waals surface area contributed by atoms with Gasteiger partial charge >= 0.3 is 0 Å². The number of hydrogen-bond acceptors (Lipinski definition) is 4. The number of nitrogens with one attached hydrogen (secondary N) is 1. The number of nitrogens with zero attached hydrogens (tertiary/aromatic N) is 1. The Balaban J connectivity index is 1.71. The summed E-state index contributed by atoms with van der Waals surface area (Å²) in [5, 5.41) is 3.51. The molecular formula is C25H31ClN2O4. The molecular weight excluding hydrogens is 428 g/mol. The minimum atomic E-state index is -0.613. The molecule has 0 unspecified atom stereocenters. The molecule has 0 aliphatic carbocycles. The number of aryl methyl sites for hydroxylation is 1. The van der Waals surface area contributed by atoms with E-state index in [1.165, 1.54) is 0 Å². The monoisotopic (exact) mass is 458 g/mol. The number of ether oxygens (including phenoxy) is 2. The molecule has 2 aromatic carbocycles. The van der Waals surface area contributed by atoms with Crippen LogP contribution in [0.5, 0.6) is 11.5 Å². The average molecular weight is 459 g/mol. The molecule has 1 atom stereocenters. The lowest BCUT2D eigenvalue weighted by Gasteiger charge is -2.29. The van der Waals surface area contributed by atoms with Crippen LogP contribution < -0.4 is 14.8 Å². The van der Waals surface area contributed by atoms with E-state index in [-0.39, 0.29) is 24.8 Å². The number of fused-ring (bicyclic) bond motifs is 1. The molecule has 0 spiro atoms. The van der Waals surface area contributed by atoms with Crippen LogP contribution >= 0.6 is 11.6 Å². The number of carbonyl (C=O) groups excluding carboxylic acids is 2. The van der Waals surface area contributed by atoms with Gasteiger partial charge in [0.05, 0.1) is 0 Å². The first kappa shape index (κ1) is 23.9. The first-order valence-electron chi connectivity index (χ1n) is 11.0. The van der Waals surface area contributed by atoms with Gasteiger partial charge in [0.2, 0.25) is 11.8 Å². The van der Waals surface area contributed by atoms with E-state index in [0.717, 1.165) is 16.9 Å². The Hall–Kier alpha value is -2.73. The zero-order valence-corrected chi connectivity index (χ0v) is 19.7. The molecule has 172 valence electrons. The standard InChI is InChI=1S/C25H31ClN2O4/c1-17(2)15-27-25(30)18(3)28(16-20-6-4-5-7-21(20)26)24(29)11-9-19-8-10-22-23(14-19)32-13-12-31-22/h4-8,10,14,17-18H,9,11-13,15-16H2,1-3H3,(H,27,30)/t18-/m0/s1. The summed E-state index contributed by atoms with van der Waals surface area (Å²) in [5.74, 6) is 1.48. The highest BCUT2D eigenvalue weighted by Gasteiger charge is 2.26. The predicted octanol–water partition coefficient (Wildman–Crippen LogP) is 4.23. The fraction of sp³-hybridized carbons (Fsp3) is 0.440. The molecule has 0 fully saturated rings. The van der Waals surface area contributed by atoms with E-state index in [1.807, 2.05) is 50.2 Å². The minimum absolute atomic E-state index is 0.105. The van der Waals surface area contributed by atoms with Crippen molar-refractivity contribution in [2.75, 3.05) is 19.8 Å². The third-order valence-electron chi connectivity index (χ3n) is 5.38. The molecule has 7 heteroatoms. The summed E-state index contributed by atoms with van der Waals surface area (Å²) in [4.78, 5) is 27.6. The summed E-state index contributed by atoms with van der Waals surface area (Å²) in [6.07, 6.45) is 0.806. The lowest BCUT2D eigenvalue weighted by atomic mass is 10.1. The molecule has 32 heavy (non-hydrogen) atoms. The second-order valence-corrected chi connectivity index (χ2v) is 8.81. The summed E-state index contributed by atoms with van der Waals surface area (Å²) in [7, 11) is 0. The topological polar surface area (TPSA) is 67.9 Å². The Morgan fingerprint density at radius 3 is 2.50 bits per heavy atom. The quantitative estimate of drug-likeness (QED) is 0.610. The number of hydrogen-bond donors (Lipinski definition) is 1. The van der Waals surface area contributed by atoms with Crippen molar-refractivity contribution in [3.8, 4) is 11.5 Å².